The normalized spacial score (nSPS) is 14.0. The quantitative estimate of drug-likeness (QED) is 0.803. The zero-order valence-corrected chi connectivity index (χ0v) is 9.88. The molecule has 5 heteroatoms. The predicted octanol–water partition coefficient (Wildman–Crippen LogP) is 1.36. The van der Waals surface area contributed by atoms with Crippen molar-refractivity contribution in [2.75, 3.05) is 18.6 Å². The van der Waals surface area contributed by atoms with E-state index in [1.165, 1.54) is 6.26 Å². The van der Waals surface area contributed by atoms with Crippen molar-refractivity contribution in [3.63, 3.8) is 0 Å². The second-order valence-electron chi connectivity index (χ2n) is 3.56. The fourth-order valence-electron chi connectivity index (χ4n) is 1.35. The fourth-order valence-corrected chi connectivity index (χ4v) is 1.84. The first-order chi connectivity index (χ1) is 7.03. The summed E-state index contributed by atoms with van der Waals surface area (Å²) in [6.07, 6.45) is 3.73. The lowest BCUT2D eigenvalue weighted by atomic mass is 10.2. The summed E-state index contributed by atoms with van der Waals surface area (Å²) in [4.78, 5) is 0. The average Bonchev–Trinajstić information content (AvgIpc) is 2.63. The maximum atomic E-state index is 10.9. The Bertz CT molecular complexity index is 369. The van der Waals surface area contributed by atoms with Gasteiger partial charge in [0.1, 0.15) is 15.6 Å². The van der Waals surface area contributed by atoms with E-state index in [4.69, 9.17) is 4.42 Å². The Morgan fingerprint density at radius 1 is 1.53 bits per heavy atom. The second kappa shape index (κ2) is 5.32. The molecule has 0 bridgehead atoms. The van der Waals surface area contributed by atoms with Crippen LogP contribution in [-0.4, -0.2) is 27.0 Å². The first kappa shape index (κ1) is 12.3. The minimum atomic E-state index is -2.89. The number of hydrogen-bond acceptors (Lipinski definition) is 4. The predicted molar refractivity (Wildman–Crippen MR) is 59.5 cm³/mol. The highest BCUT2D eigenvalue weighted by Crippen LogP contribution is 2.16. The van der Waals surface area contributed by atoms with Crippen molar-refractivity contribution in [2.45, 2.75) is 19.4 Å². The maximum Gasteiger partial charge on any atom is 0.148 e. The standard InChI is InChI=1S/C10H17NO3S/c1-3-9(10-5-4-7-14-10)11-6-8-15(2,12)13/h4-5,7,9,11H,3,6,8H2,1-2H3. The maximum absolute atomic E-state index is 10.9. The lowest BCUT2D eigenvalue weighted by molar-refractivity contribution is 0.410. The highest BCUT2D eigenvalue weighted by atomic mass is 32.2. The molecule has 0 spiro atoms. The van der Waals surface area contributed by atoms with E-state index in [0.717, 1.165) is 12.2 Å². The molecule has 15 heavy (non-hydrogen) atoms. The number of nitrogens with one attached hydrogen (secondary N) is 1. The molecule has 0 saturated heterocycles. The van der Waals surface area contributed by atoms with Gasteiger partial charge in [-0.05, 0) is 18.6 Å². The van der Waals surface area contributed by atoms with E-state index in [1.54, 1.807) is 6.26 Å². The van der Waals surface area contributed by atoms with Crippen LogP contribution >= 0.6 is 0 Å². The zero-order valence-electron chi connectivity index (χ0n) is 9.06. The molecule has 86 valence electrons. The van der Waals surface area contributed by atoms with Crippen LogP contribution in [0.5, 0.6) is 0 Å². The summed E-state index contributed by atoms with van der Waals surface area (Å²) in [5, 5.41) is 3.16. The van der Waals surface area contributed by atoms with Crippen molar-refractivity contribution in [1.29, 1.82) is 0 Å². The smallest absolute Gasteiger partial charge is 0.148 e. The Balaban J connectivity index is 2.42. The molecular formula is C10H17NO3S. The molecule has 1 atom stereocenters. The van der Waals surface area contributed by atoms with Crippen LogP contribution in [0.15, 0.2) is 22.8 Å². The molecule has 1 heterocycles. The van der Waals surface area contributed by atoms with Gasteiger partial charge in [-0.1, -0.05) is 6.92 Å². The Labute approximate surface area is 90.6 Å². The summed E-state index contributed by atoms with van der Waals surface area (Å²) in [6.45, 7) is 2.48. The molecule has 0 aliphatic rings. The summed E-state index contributed by atoms with van der Waals surface area (Å²) < 4.78 is 27.1. The Morgan fingerprint density at radius 3 is 2.73 bits per heavy atom. The molecule has 1 N–H and O–H groups in total. The Morgan fingerprint density at radius 2 is 2.27 bits per heavy atom. The van der Waals surface area contributed by atoms with Gasteiger partial charge in [-0.2, -0.15) is 0 Å². The van der Waals surface area contributed by atoms with Crippen LogP contribution in [-0.2, 0) is 9.84 Å². The molecule has 0 fully saturated rings. The lowest BCUT2D eigenvalue weighted by Crippen LogP contribution is -2.26. The molecule has 0 aliphatic heterocycles. The highest BCUT2D eigenvalue weighted by Gasteiger charge is 2.11. The molecule has 1 unspecified atom stereocenters. The van der Waals surface area contributed by atoms with Gasteiger partial charge in [0.2, 0.25) is 0 Å². The summed E-state index contributed by atoms with van der Waals surface area (Å²) in [5.41, 5.74) is 0. The molecule has 0 aliphatic carbocycles. The van der Waals surface area contributed by atoms with Crippen LogP contribution in [0.3, 0.4) is 0 Å². The van der Waals surface area contributed by atoms with Crippen molar-refractivity contribution in [3.05, 3.63) is 24.2 Å². The number of rotatable bonds is 6. The first-order valence-corrected chi connectivity index (χ1v) is 7.03. The second-order valence-corrected chi connectivity index (χ2v) is 5.82. The van der Waals surface area contributed by atoms with E-state index in [-0.39, 0.29) is 11.8 Å². The van der Waals surface area contributed by atoms with Gasteiger partial charge in [-0.25, -0.2) is 8.42 Å². The summed E-state index contributed by atoms with van der Waals surface area (Å²) in [5.74, 6) is 1.01. The van der Waals surface area contributed by atoms with E-state index in [0.29, 0.717) is 6.54 Å². The average molecular weight is 231 g/mol. The van der Waals surface area contributed by atoms with Crippen LogP contribution in [0.2, 0.25) is 0 Å². The highest BCUT2D eigenvalue weighted by molar-refractivity contribution is 7.90. The SMILES string of the molecule is CCC(NCCS(C)(=O)=O)c1ccco1. The van der Waals surface area contributed by atoms with E-state index < -0.39 is 9.84 Å². The number of furan rings is 1. The largest absolute Gasteiger partial charge is 0.468 e. The van der Waals surface area contributed by atoms with E-state index in [1.807, 2.05) is 19.1 Å². The third kappa shape index (κ3) is 4.48. The van der Waals surface area contributed by atoms with Crippen molar-refractivity contribution in [1.82, 2.24) is 5.32 Å². The van der Waals surface area contributed by atoms with Gasteiger partial charge in [0.15, 0.2) is 0 Å². The monoisotopic (exact) mass is 231 g/mol. The molecule has 0 amide bonds. The topological polar surface area (TPSA) is 59.3 Å². The van der Waals surface area contributed by atoms with Crippen LogP contribution < -0.4 is 5.32 Å². The van der Waals surface area contributed by atoms with Gasteiger partial charge in [0.25, 0.3) is 0 Å². The minimum Gasteiger partial charge on any atom is -0.468 e. The molecular weight excluding hydrogens is 214 g/mol. The zero-order chi connectivity index (χ0) is 11.3. The van der Waals surface area contributed by atoms with Crippen molar-refractivity contribution < 1.29 is 12.8 Å². The van der Waals surface area contributed by atoms with Gasteiger partial charge in [0, 0.05) is 12.8 Å². The van der Waals surface area contributed by atoms with E-state index >= 15 is 0 Å². The number of sulfone groups is 1. The summed E-state index contributed by atoms with van der Waals surface area (Å²) >= 11 is 0. The summed E-state index contributed by atoms with van der Waals surface area (Å²) in [7, 11) is -2.89. The van der Waals surface area contributed by atoms with Crippen LogP contribution in [0, 0.1) is 0 Å². The van der Waals surface area contributed by atoms with Gasteiger partial charge in [-0.3, -0.25) is 0 Å². The Kier molecular flexibility index (Phi) is 4.35. The van der Waals surface area contributed by atoms with Crippen LogP contribution in [0.1, 0.15) is 25.1 Å². The molecule has 0 saturated carbocycles. The molecule has 1 aromatic rings. The molecule has 0 aromatic carbocycles. The Hall–Kier alpha value is -0.810. The third-order valence-corrected chi connectivity index (χ3v) is 3.10. The van der Waals surface area contributed by atoms with Crippen molar-refractivity contribution >= 4 is 9.84 Å². The van der Waals surface area contributed by atoms with Gasteiger partial charge < -0.3 is 9.73 Å². The van der Waals surface area contributed by atoms with E-state index in [2.05, 4.69) is 5.32 Å². The van der Waals surface area contributed by atoms with Crippen molar-refractivity contribution in [2.24, 2.45) is 0 Å². The lowest BCUT2D eigenvalue weighted by Gasteiger charge is -2.13. The summed E-state index contributed by atoms with van der Waals surface area (Å²) in [6, 6.07) is 3.82. The fraction of sp³-hybridized carbons (Fsp3) is 0.600. The van der Waals surface area contributed by atoms with Crippen molar-refractivity contribution in [3.8, 4) is 0 Å². The molecule has 1 aromatic heterocycles. The minimum absolute atomic E-state index is 0.0988. The van der Waals surface area contributed by atoms with E-state index in [9.17, 15) is 8.42 Å². The van der Waals surface area contributed by atoms with Crippen LogP contribution in [0.4, 0.5) is 0 Å². The molecule has 4 nitrogen and oxygen atoms in total. The number of hydrogen-bond donors (Lipinski definition) is 1. The van der Waals surface area contributed by atoms with Gasteiger partial charge in [0.05, 0.1) is 18.1 Å². The third-order valence-electron chi connectivity index (χ3n) is 2.16. The van der Waals surface area contributed by atoms with Gasteiger partial charge in [-0.15, -0.1) is 0 Å². The molecule has 0 radical (unpaired) electrons. The first-order valence-electron chi connectivity index (χ1n) is 4.97. The molecule has 1 rings (SSSR count). The van der Waals surface area contributed by atoms with Crippen LogP contribution in [0.25, 0.3) is 0 Å². The van der Waals surface area contributed by atoms with Gasteiger partial charge >= 0.3 is 0 Å².